The highest BCUT2D eigenvalue weighted by Gasteiger charge is 2.06. The molecule has 0 aliphatic carbocycles. The van der Waals surface area contributed by atoms with E-state index in [9.17, 15) is 4.79 Å². The van der Waals surface area contributed by atoms with Crippen LogP contribution in [0.2, 0.25) is 0 Å². The Morgan fingerprint density at radius 2 is 2.24 bits per heavy atom. The molecular weight excluding hydrogens is 266 g/mol. The summed E-state index contributed by atoms with van der Waals surface area (Å²) in [5, 5.41) is 2.83. The summed E-state index contributed by atoms with van der Waals surface area (Å²) in [7, 11) is 0. The third kappa shape index (κ3) is 3.05. The molecule has 2 aromatic heterocycles. The number of H-pyrrole nitrogens is 1. The van der Waals surface area contributed by atoms with Gasteiger partial charge in [-0.25, -0.2) is 9.97 Å². The lowest BCUT2D eigenvalue weighted by molar-refractivity contribution is 0.0949. The molecular formula is C15H15N5O. The number of amides is 1. The van der Waals surface area contributed by atoms with Crippen LogP contribution >= 0.6 is 0 Å². The summed E-state index contributed by atoms with van der Waals surface area (Å²) in [5.74, 6) is 0.694. The summed E-state index contributed by atoms with van der Waals surface area (Å²) in [6.07, 6.45) is 5.25. The van der Waals surface area contributed by atoms with E-state index in [0.717, 1.165) is 28.8 Å². The van der Waals surface area contributed by atoms with Crippen molar-refractivity contribution < 1.29 is 4.79 Å². The van der Waals surface area contributed by atoms with Gasteiger partial charge in [0, 0.05) is 18.9 Å². The number of hydrogen-bond acceptors (Lipinski definition) is 4. The van der Waals surface area contributed by atoms with Crippen molar-refractivity contribution in [1.29, 1.82) is 0 Å². The number of imidazole rings is 1. The number of aromatic amines is 1. The van der Waals surface area contributed by atoms with E-state index in [2.05, 4.69) is 31.3 Å². The molecule has 3 rings (SSSR count). The Balaban J connectivity index is 1.60. The van der Waals surface area contributed by atoms with Gasteiger partial charge >= 0.3 is 0 Å². The fourth-order valence-corrected chi connectivity index (χ4v) is 2.17. The molecule has 2 N–H and O–H groups in total. The second kappa shape index (κ2) is 5.70. The molecule has 0 aliphatic rings. The molecule has 0 aliphatic heterocycles. The first-order chi connectivity index (χ1) is 10.2. The fourth-order valence-electron chi connectivity index (χ4n) is 2.17. The van der Waals surface area contributed by atoms with Crippen molar-refractivity contribution in [1.82, 2.24) is 25.3 Å². The molecule has 1 amide bonds. The maximum Gasteiger partial charge on any atom is 0.271 e. The van der Waals surface area contributed by atoms with E-state index in [0.29, 0.717) is 12.2 Å². The van der Waals surface area contributed by atoms with Crippen LogP contribution in [0.25, 0.3) is 11.0 Å². The topological polar surface area (TPSA) is 83.6 Å². The molecule has 0 atom stereocenters. The summed E-state index contributed by atoms with van der Waals surface area (Å²) >= 11 is 0. The number of hydrogen-bond donors (Lipinski definition) is 2. The third-order valence-corrected chi connectivity index (χ3v) is 3.16. The number of carbonyl (C=O) groups is 1. The molecule has 0 unspecified atom stereocenters. The number of carbonyl (C=O) groups excluding carboxylic acids is 1. The van der Waals surface area contributed by atoms with Gasteiger partial charge in [0.2, 0.25) is 0 Å². The van der Waals surface area contributed by atoms with Crippen LogP contribution in [-0.2, 0) is 6.42 Å². The van der Waals surface area contributed by atoms with E-state index in [4.69, 9.17) is 0 Å². The van der Waals surface area contributed by atoms with Crippen molar-refractivity contribution in [3.63, 3.8) is 0 Å². The average Bonchev–Trinajstić information content (AvgIpc) is 2.87. The number of nitrogens with one attached hydrogen (secondary N) is 2. The smallest absolute Gasteiger partial charge is 0.271 e. The standard InChI is InChI=1S/C15H15N5O/c1-10-19-12-3-2-11(8-13(12)20-10)4-5-18-15(21)14-9-16-6-7-17-14/h2-3,6-9H,4-5H2,1H3,(H,18,21)(H,19,20). The molecule has 2 heterocycles. The maximum absolute atomic E-state index is 11.8. The van der Waals surface area contributed by atoms with E-state index >= 15 is 0 Å². The van der Waals surface area contributed by atoms with Gasteiger partial charge in [-0.15, -0.1) is 0 Å². The van der Waals surface area contributed by atoms with Gasteiger partial charge < -0.3 is 10.3 Å². The molecule has 0 saturated heterocycles. The molecule has 3 aromatic rings. The number of nitrogens with zero attached hydrogens (tertiary/aromatic N) is 3. The first-order valence-corrected chi connectivity index (χ1v) is 6.72. The lowest BCUT2D eigenvalue weighted by Crippen LogP contribution is -2.26. The Labute approximate surface area is 121 Å². The summed E-state index contributed by atoms with van der Waals surface area (Å²) < 4.78 is 0. The van der Waals surface area contributed by atoms with Gasteiger partial charge in [-0.2, -0.15) is 0 Å². The number of aryl methyl sites for hydroxylation is 1. The summed E-state index contributed by atoms with van der Waals surface area (Å²) in [4.78, 5) is 27.2. The molecule has 0 fully saturated rings. The summed E-state index contributed by atoms with van der Waals surface area (Å²) in [5.41, 5.74) is 3.45. The highest BCUT2D eigenvalue weighted by molar-refractivity contribution is 5.91. The fraction of sp³-hybridized carbons (Fsp3) is 0.200. The Bertz CT molecular complexity index is 766. The Morgan fingerprint density at radius 3 is 3.05 bits per heavy atom. The van der Waals surface area contributed by atoms with Gasteiger partial charge in [0.05, 0.1) is 17.2 Å². The lowest BCUT2D eigenvalue weighted by Gasteiger charge is -2.04. The van der Waals surface area contributed by atoms with Crippen molar-refractivity contribution in [3.8, 4) is 0 Å². The molecule has 0 saturated carbocycles. The van der Waals surface area contributed by atoms with Gasteiger partial charge in [-0.05, 0) is 31.0 Å². The minimum atomic E-state index is -0.207. The van der Waals surface area contributed by atoms with Crippen LogP contribution in [0.1, 0.15) is 21.9 Å². The largest absolute Gasteiger partial charge is 0.350 e. The molecule has 6 nitrogen and oxygen atoms in total. The van der Waals surface area contributed by atoms with Gasteiger partial charge in [0.25, 0.3) is 5.91 Å². The minimum absolute atomic E-state index is 0.207. The second-order valence-corrected chi connectivity index (χ2v) is 4.77. The normalized spacial score (nSPS) is 10.7. The van der Waals surface area contributed by atoms with Crippen LogP contribution in [0.15, 0.2) is 36.8 Å². The number of fused-ring (bicyclic) bond motifs is 1. The number of aromatic nitrogens is 4. The minimum Gasteiger partial charge on any atom is -0.350 e. The van der Waals surface area contributed by atoms with E-state index in [1.807, 2.05) is 19.1 Å². The SMILES string of the molecule is Cc1nc2ccc(CCNC(=O)c3cnccn3)cc2[nH]1. The zero-order valence-electron chi connectivity index (χ0n) is 11.6. The van der Waals surface area contributed by atoms with Crippen molar-refractivity contribution in [2.45, 2.75) is 13.3 Å². The zero-order chi connectivity index (χ0) is 14.7. The van der Waals surface area contributed by atoms with E-state index in [1.54, 1.807) is 6.20 Å². The monoisotopic (exact) mass is 281 g/mol. The van der Waals surface area contributed by atoms with Crippen LogP contribution in [0.4, 0.5) is 0 Å². The average molecular weight is 281 g/mol. The van der Waals surface area contributed by atoms with Gasteiger partial charge in [0.1, 0.15) is 11.5 Å². The van der Waals surface area contributed by atoms with Gasteiger partial charge in [-0.3, -0.25) is 9.78 Å². The van der Waals surface area contributed by atoms with Crippen LogP contribution in [-0.4, -0.2) is 32.4 Å². The van der Waals surface area contributed by atoms with Gasteiger partial charge in [0.15, 0.2) is 0 Å². The number of benzene rings is 1. The van der Waals surface area contributed by atoms with Gasteiger partial charge in [-0.1, -0.05) is 6.07 Å². The molecule has 0 spiro atoms. The van der Waals surface area contributed by atoms with E-state index in [1.165, 1.54) is 12.4 Å². The second-order valence-electron chi connectivity index (χ2n) is 4.77. The first kappa shape index (κ1) is 13.2. The van der Waals surface area contributed by atoms with Crippen molar-refractivity contribution in [2.24, 2.45) is 0 Å². The van der Waals surface area contributed by atoms with Crippen molar-refractivity contribution in [2.75, 3.05) is 6.54 Å². The van der Waals surface area contributed by atoms with Crippen molar-refractivity contribution in [3.05, 3.63) is 53.9 Å². The summed E-state index contributed by atoms with van der Waals surface area (Å²) in [6, 6.07) is 6.07. The molecule has 21 heavy (non-hydrogen) atoms. The molecule has 106 valence electrons. The Kier molecular flexibility index (Phi) is 3.59. The summed E-state index contributed by atoms with van der Waals surface area (Å²) in [6.45, 7) is 2.48. The Morgan fingerprint density at radius 1 is 1.33 bits per heavy atom. The molecule has 1 aromatic carbocycles. The van der Waals surface area contributed by atoms with Crippen LogP contribution < -0.4 is 5.32 Å². The highest BCUT2D eigenvalue weighted by Crippen LogP contribution is 2.13. The van der Waals surface area contributed by atoms with E-state index in [-0.39, 0.29) is 5.91 Å². The third-order valence-electron chi connectivity index (χ3n) is 3.16. The van der Waals surface area contributed by atoms with Crippen molar-refractivity contribution >= 4 is 16.9 Å². The van der Waals surface area contributed by atoms with Crippen LogP contribution in [0.5, 0.6) is 0 Å². The Hall–Kier alpha value is -2.76. The maximum atomic E-state index is 11.8. The molecule has 0 radical (unpaired) electrons. The molecule has 0 bridgehead atoms. The predicted octanol–water partition coefficient (Wildman–Crippen LogP) is 1.63. The predicted molar refractivity (Wildman–Crippen MR) is 78.9 cm³/mol. The zero-order valence-corrected chi connectivity index (χ0v) is 11.6. The van der Waals surface area contributed by atoms with Crippen LogP contribution in [0.3, 0.4) is 0 Å². The molecule has 6 heteroatoms. The quantitative estimate of drug-likeness (QED) is 0.761. The first-order valence-electron chi connectivity index (χ1n) is 6.72. The van der Waals surface area contributed by atoms with Crippen LogP contribution in [0, 0.1) is 6.92 Å². The lowest BCUT2D eigenvalue weighted by atomic mass is 10.1. The van der Waals surface area contributed by atoms with E-state index < -0.39 is 0 Å². The number of rotatable bonds is 4. The highest BCUT2D eigenvalue weighted by atomic mass is 16.1.